The lowest BCUT2D eigenvalue weighted by atomic mass is 10.0. The number of aryl methyl sites for hydroxylation is 1. The zero-order valence-corrected chi connectivity index (χ0v) is 20.9. The molecule has 0 bridgehead atoms. The first-order valence-corrected chi connectivity index (χ1v) is 12.3. The Hall–Kier alpha value is -2.97. The van der Waals surface area contributed by atoms with Crippen molar-refractivity contribution in [2.24, 2.45) is 5.73 Å². The predicted molar refractivity (Wildman–Crippen MR) is 139 cm³/mol. The van der Waals surface area contributed by atoms with Gasteiger partial charge in [0, 0.05) is 67.3 Å². The summed E-state index contributed by atoms with van der Waals surface area (Å²) < 4.78 is 1.81. The van der Waals surface area contributed by atoms with E-state index in [1.54, 1.807) is 18.3 Å². The molecule has 1 amide bonds. The van der Waals surface area contributed by atoms with Crippen LogP contribution < -0.4 is 5.73 Å². The summed E-state index contributed by atoms with van der Waals surface area (Å²) >= 11 is 12.7. The van der Waals surface area contributed by atoms with Crippen LogP contribution in [0.3, 0.4) is 0 Å². The number of carbonyl (C=O) groups excluding carboxylic acids is 1. The van der Waals surface area contributed by atoms with Crippen LogP contribution in [0.5, 0.6) is 0 Å². The van der Waals surface area contributed by atoms with Crippen LogP contribution in [0.15, 0.2) is 54.7 Å². The van der Waals surface area contributed by atoms with Crippen molar-refractivity contribution in [2.45, 2.75) is 20.0 Å². The first kappa shape index (κ1) is 23.8. The van der Waals surface area contributed by atoms with E-state index >= 15 is 0 Å². The van der Waals surface area contributed by atoms with Crippen LogP contribution in [-0.2, 0) is 13.1 Å². The number of benzene rings is 2. The van der Waals surface area contributed by atoms with E-state index < -0.39 is 0 Å². The third-order valence-electron chi connectivity index (χ3n) is 6.44. The number of amides is 1. The van der Waals surface area contributed by atoms with Crippen LogP contribution in [0.25, 0.3) is 17.0 Å². The van der Waals surface area contributed by atoms with Gasteiger partial charge in [-0.15, -0.1) is 0 Å². The lowest BCUT2D eigenvalue weighted by Crippen LogP contribution is -2.48. The molecule has 2 aromatic carbocycles. The minimum absolute atomic E-state index is 0.102. The lowest BCUT2D eigenvalue weighted by molar-refractivity contribution is 0.0623. The molecule has 0 saturated carbocycles. The number of rotatable bonds is 5. The highest BCUT2D eigenvalue weighted by Crippen LogP contribution is 2.34. The molecular formula is C26H26Cl2N6O. The fourth-order valence-electron chi connectivity index (χ4n) is 4.58. The number of piperazine rings is 1. The van der Waals surface area contributed by atoms with Crippen molar-refractivity contribution in [1.82, 2.24) is 24.2 Å². The first-order valence-electron chi connectivity index (χ1n) is 11.5. The quantitative estimate of drug-likeness (QED) is 0.431. The molecule has 5 rings (SSSR count). The van der Waals surface area contributed by atoms with E-state index in [-0.39, 0.29) is 12.5 Å². The molecule has 0 unspecified atom stereocenters. The normalized spacial score (nSPS) is 14.6. The number of halogens is 2. The number of fused-ring (bicyclic) bond motifs is 1. The van der Waals surface area contributed by atoms with Gasteiger partial charge in [0.1, 0.15) is 5.69 Å². The molecule has 0 spiro atoms. The van der Waals surface area contributed by atoms with E-state index in [1.165, 1.54) is 5.56 Å². The highest BCUT2D eigenvalue weighted by atomic mass is 35.5. The molecule has 9 heteroatoms. The topological polar surface area (TPSA) is 79.8 Å². The Balaban J connectivity index is 1.42. The Morgan fingerprint density at radius 3 is 2.46 bits per heavy atom. The summed E-state index contributed by atoms with van der Waals surface area (Å²) in [5.74, 6) is 0.335. The van der Waals surface area contributed by atoms with E-state index in [0.29, 0.717) is 34.6 Å². The van der Waals surface area contributed by atoms with Crippen molar-refractivity contribution < 1.29 is 4.79 Å². The SMILES string of the molecule is Cc1nc2nc(C(=O)N3CCN(Cc4ccccc4)CC3)cn2c(-c2ccc(Cl)cc2Cl)c1CN. The number of hydrogen-bond acceptors (Lipinski definition) is 5. The van der Waals surface area contributed by atoms with Gasteiger partial charge in [-0.3, -0.25) is 14.1 Å². The molecule has 1 fully saturated rings. The second kappa shape index (κ2) is 9.95. The fraction of sp³-hybridized carbons (Fsp3) is 0.269. The molecule has 0 radical (unpaired) electrons. The van der Waals surface area contributed by atoms with Crippen molar-refractivity contribution in [3.05, 3.63) is 87.3 Å². The largest absolute Gasteiger partial charge is 0.335 e. The molecule has 1 aliphatic heterocycles. The molecule has 0 atom stereocenters. The first-order chi connectivity index (χ1) is 16.9. The van der Waals surface area contributed by atoms with Gasteiger partial charge in [-0.2, -0.15) is 0 Å². The van der Waals surface area contributed by atoms with Gasteiger partial charge < -0.3 is 10.6 Å². The minimum atomic E-state index is -0.102. The molecule has 2 N–H and O–H groups in total. The van der Waals surface area contributed by atoms with Gasteiger partial charge in [0.2, 0.25) is 5.78 Å². The van der Waals surface area contributed by atoms with E-state index in [9.17, 15) is 4.79 Å². The number of imidazole rings is 1. The number of nitrogens with two attached hydrogens (primary N) is 1. The maximum atomic E-state index is 13.4. The molecule has 180 valence electrons. The molecule has 2 aromatic heterocycles. The van der Waals surface area contributed by atoms with Gasteiger partial charge in [-0.1, -0.05) is 53.5 Å². The van der Waals surface area contributed by atoms with Crippen molar-refractivity contribution >= 4 is 34.9 Å². The summed E-state index contributed by atoms with van der Waals surface area (Å²) in [4.78, 5) is 26.8. The van der Waals surface area contributed by atoms with E-state index in [1.807, 2.05) is 28.4 Å². The summed E-state index contributed by atoms with van der Waals surface area (Å²) in [6, 6.07) is 15.7. The summed E-state index contributed by atoms with van der Waals surface area (Å²) in [6.07, 6.45) is 1.74. The average molecular weight is 509 g/mol. The molecule has 1 saturated heterocycles. The highest BCUT2D eigenvalue weighted by Gasteiger charge is 2.26. The Bertz CT molecular complexity index is 1380. The zero-order valence-electron chi connectivity index (χ0n) is 19.4. The second-order valence-corrected chi connectivity index (χ2v) is 9.55. The minimum Gasteiger partial charge on any atom is -0.335 e. The molecule has 35 heavy (non-hydrogen) atoms. The van der Waals surface area contributed by atoms with E-state index in [4.69, 9.17) is 28.9 Å². The fourth-order valence-corrected chi connectivity index (χ4v) is 5.08. The van der Waals surface area contributed by atoms with E-state index in [2.05, 4.69) is 39.1 Å². The Morgan fingerprint density at radius 2 is 1.77 bits per heavy atom. The number of aromatic nitrogens is 3. The van der Waals surface area contributed by atoms with Crippen molar-refractivity contribution in [2.75, 3.05) is 26.2 Å². The van der Waals surface area contributed by atoms with Gasteiger partial charge >= 0.3 is 0 Å². The van der Waals surface area contributed by atoms with Gasteiger partial charge in [0.15, 0.2) is 0 Å². The van der Waals surface area contributed by atoms with Gasteiger partial charge in [-0.05, 0) is 30.7 Å². The summed E-state index contributed by atoms with van der Waals surface area (Å²) in [5, 5.41) is 1.04. The average Bonchev–Trinajstić information content (AvgIpc) is 3.28. The highest BCUT2D eigenvalue weighted by molar-refractivity contribution is 6.36. The van der Waals surface area contributed by atoms with Gasteiger partial charge in [-0.25, -0.2) is 9.97 Å². The van der Waals surface area contributed by atoms with Crippen molar-refractivity contribution in [1.29, 1.82) is 0 Å². The molecule has 3 heterocycles. The van der Waals surface area contributed by atoms with Crippen LogP contribution in [0.4, 0.5) is 0 Å². The molecule has 7 nitrogen and oxygen atoms in total. The third kappa shape index (κ3) is 4.77. The summed E-state index contributed by atoms with van der Waals surface area (Å²) in [6.45, 7) is 5.97. The number of hydrogen-bond donors (Lipinski definition) is 1. The van der Waals surface area contributed by atoms with Gasteiger partial charge in [0.25, 0.3) is 5.91 Å². The second-order valence-electron chi connectivity index (χ2n) is 8.70. The predicted octanol–water partition coefficient (Wildman–Crippen LogP) is 4.43. The van der Waals surface area contributed by atoms with Crippen LogP contribution in [-0.4, -0.2) is 56.3 Å². The van der Waals surface area contributed by atoms with E-state index in [0.717, 1.165) is 42.1 Å². The van der Waals surface area contributed by atoms with Crippen LogP contribution >= 0.6 is 23.2 Å². The Kier molecular flexibility index (Phi) is 6.75. The Labute approximate surface area is 214 Å². The molecular weight excluding hydrogens is 483 g/mol. The van der Waals surface area contributed by atoms with Crippen molar-refractivity contribution in [3.63, 3.8) is 0 Å². The maximum absolute atomic E-state index is 13.4. The Morgan fingerprint density at radius 1 is 1.03 bits per heavy atom. The van der Waals surface area contributed by atoms with Crippen LogP contribution in [0, 0.1) is 6.92 Å². The molecule has 1 aliphatic rings. The zero-order chi connectivity index (χ0) is 24.5. The van der Waals surface area contributed by atoms with Crippen LogP contribution in [0.2, 0.25) is 10.0 Å². The summed E-state index contributed by atoms with van der Waals surface area (Å²) in [5.41, 5.74) is 10.8. The van der Waals surface area contributed by atoms with Crippen molar-refractivity contribution in [3.8, 4) is 11.3 Å². The molecule has 0 aliphatic carbocycles. The maximum Gasteiger partial charge on any atom is 0.274 e. The lowest BCUT2D eigenvalue weighted by Gasteiger charge is -2.34. The summed E-state index contributed by atoms with van der Waals surface area (Å²) in [7, 11) is 0. The standard InChI is InChI=1S/C26H26Cl2N6O/c1-17-21(14-29)24(20-8-7-19(27)13-22(20)28)34-16-23(31-26(34)30-17)25(35)33-11-9-32(10-12-33)15-18-5-3-2-4-6-18/h2-8,13,16H,9-12,14-15,29H2,1H3. The van der Waals surface area contributed by atoms with Gasteiger partial charge in [0.05, 0.1) is 10.7 Å². The number of carbonyl (C=O) groups is 1. The number of nitrogens with zero attached hydrogens (tertiary/aromatic N) is 5. The molecule has 4 aromatic rings. The smallest absolute Gasteiger partial charge is 0.274 e. The third-order valence-corrected chi connectivity index (χ3v) is 6.98. The van der Waals surface area contributed by atoms with Crippen LogP contribution in [0.1, 0.15) is 27.3 Å². The monoisotopic (exact) mass is 508 g/mol.